The van der Waals surface area contributed by atoms with Gasteiger partial charge in [-0.25, -0.2) is 0 Å². The van der Waals surface area contributed by atoms with Gasteiger partial charge < -0.3 is 9.47 Å². The molecule has 0 spiro atoms. The van der Waals surface area contributed by atoms with Crippen LogP contribution in [-0.2, 0) is 9.53 Å². The maximum absolute atomic E-state index is 10.5. The molecule has 4 heteroatoms. The maximum atomic E-state index is 10.5. The van der Waals surface area contributed by atoms with Crippen molar-refractivity contribution in [1.29, 1.82) is 0 Å². The molecule has 0 atom stereocenters. The van der Waals surface area contributed by atoms with Crippen LogP contribution in [0.5, 0.6) is 5.75 Å². The minimum atomic E-state index is 0.0204. The standard InChI is InChI=1S/C11H15NO3/c1-9-3-4-11(7-12-9)15-6-5-14-8-10(2)13/h3-4,7H,5-6,8H2,1-2H3. The summed E-state index contributed by atoms with van der Waals surface area (Å²) in [6, 6.07) is 3.74. The number of aryl methyl sites for hydroxylation is 1. The minimum absolute atomic E-state index is 0.0204. The van der Waals surface area contributed by atoms with Crippen LogP contribution in [0.4, 0.5) is 0 Å². The molecule has 0 radical (unpaired) electrons. The molecule has 1 aromatic rings. The second-order valence-electron chi connectivity index (χ2n) is 3.24. The van der Waals surface area contributed by atoms with E-state index < -0.39 is 0 Å². The molecule has 0 aliphatic rings. The van der Waals surface area contributed by atoms with Gasteiger partial charge in [0, 0.05) is 5.69 Å². The van der Waals surface area contributed by atoms with Crippen molar-refractivity contribution in [3.63, 3.8) is 0 Å². The van der Waals surface area contributed by atoms with E-state index in [-0.39, 0.29) is 12.4 Å². The van der Waals surface area contributed by atoms with Crippen LogP contribution >= 0.6 is 0 Å². The molecular formula is C11H15NO3. The molecular weight excluding hydrogens is 194 g/mol. The van der Waals surface area contributed by atoms with Crippen molar-refractivity contribution in [3.05, 3.63) is 24.0 Å². The largest absolute Gasteiger partial charge is 0.490 e. The number of carbonyl (C=O) groups excluding carboxylic acids is 1. The van der Waals surface area contributed by atoms with Gasteiger partial charge in [0.25, 0.3) is 0 Å². The average molecular weight is 209 g/mol. The molecule has 0 unspecified atom stereocenters. The minimum Gasteiger partial charge on any atom is -0.490 e. The van der Waals surface area contributed by atoms with Crippen LogP contribution in [-0.4, -0.2) is 30.6 Å². The van der Waals surface area contributed by atoms with Crippen LogP contribution in [0.2, 0.25) is 0 Å². The fourth-order valence-corrected chi connectivity index (χ4v) is 0.974. The second-order valence-corrected chi connectivity index (χ2v) is 3.24. The third kappa shape index (κ3) is 5.12. The first kappa shape index (κ1) is 11.7. The molecule has 0 saturated carbocycles. The number of nitrogens with zero attached hydrogens (tertiary/aromatic N) is 1. The Labute approximate surface area is 89.2 Å². The summed E-state index contributed by atoms with van der Waals surface area (Å²) in [5.41, 5.74) is 0.954. The molecule has 15 heavy (non-hydrogen) atoms. The van der Waals surface area contributed by atoms with Crippen molar-refractivity contribution in [2.75, 3.05) is 19.8 Å². The number of ketones is 1. The third-order valence-corrected chi connectivity index (χ3v) is 1.69. The molecule has 0 amide bonds. The molecule has 0 N–H and O–H groups in total. The Morgan fingerprint density at radius 1 is 1.40 bits per heavy atom. The molecule has 0 aliphatic carbocycles. The van der Waals surface area contributed by atoms with E-state index in [0.29, 0.717) is 19.0 Å². The Kier molecular flexibility index (Phi) is 4.77. The lowest BCUT2D eigenvalue weighted by molar-refractivity contribution is -0.121. The predicted molar refractivity (Wildman–Crippen MR) is 56.0 cm³/mol. The van der Waals surface area contributed by atoms with E-state index in [1.165, 1.54) is 6.92 Å². The summed E-state index contributed by atoms with van der Waals surface area (Å²) in [6.07, 6.45) is 1.67. The van der Waals surface area contributed by atoms with Crippen molar-refractivity contribution < 1.29 is 14.3 Å². The highest BCUT2D eigenvalue weighted by Gasteiger charge is 1.95. The molecule has 82 valence electrons. The molecule has 0 aliphatic heterocycles. The van der Waals surface area contributed by atoms with Crippen LogP contribution in [0.25, 0.3) is 0 Å². The zero-order valence-corrected chi connectivity index (χ0v) is 9.03. The highest BCUT2D eigenvalue weighted by molar-refractivity contribution is 5.76. The van der Waals surface area contributed by atoms with Crippen LogP contribution in [0, 0.1) is 6.92 Å². The topological polar surface area (TPSA) is 48.4 Å². The van der Waals surface area contributed by atoms with E-state index in [0.717, 1.165) is 5.69 Å². The van der Waals surface area contributed by atoms with Crippen molar-refractivity contribution in [2.45, 2.75) is 13.8 Å². The van der Waals surface area contributed by atoms with Gasteiger partial charge in [0.15, 0.2) is 5.78 Å². The van der Waals surface area contributed by atoms with Crippen LogP contribution in [0.1, 0.15) is 12.6 Å². The summed E-state index contributed by atoms with van der Waals surface area (Å²) < 4.78 is 10.4. The van der Waals surface area contributed by atoms with Gasteiger partial charge in [-0.2, -0.15) is 0 Å². The molecule has 0 aromatic carbocycles. The number of ether oxygens (including phenoxy) is 2. The van der Waals surface area contributed by atoms with Crippen molar-refractivity contribution >= 4 is 5.78 Å². The van der Waals surface area contributed by atoms with Crippen molar-refractivity contribution in [1.82, 2.24) is 4.98 Å². The highest BCUT2D eigenvalue weighted by atomic mass is 16.5. The zero-order chi connectivity index (χ0) is 11.1. The third-order valence-electron chi connectivity index (χ3n) is 1.69. The summed E-state index contributed by atoms with van der Waals surface area (Å²) in [7, 11) is 0. The van der Waals surface area contributed by atoms with E-state index in [2.05, 4.69) is 4.98 Å². The predicted octanol–water partition coefficient (Wildman–Crippen LogP) is 1.37. The van der Waals surface area contributed by atoms with E-state index >= 15 is 0 Å². The monoisotopic (exact) mass is 209 g/mol. The fraction of sp³-hybridized carbons (Fsp3) is 0.455. The van der Waals surface area contributed by atoms with Gasteiger partial charge in [-0.1, -0.05) is 0 Å². The first-order valence-electron chi connectivity index (χ1n) is 4.81. The molecule has 0 bridgehead atoms. The van der Waals surface area contributed by atoms with Gasteiger partial charge >= 0.3 is 0 Å². The Bertz CT molecular complexity index is 308. The molecule has 1 rings (SSSR count). The lowest BCUT2D eigenvalue weighted by atomic mass is 10.4. The van der Waals surface area contributed by atoms with Gasteiger partial charge in [-0.15, -0.1) is 0 Å². The number of pyridine rings is 1. The van der Waals surface area contributed by atoms with Gasteiger partial charge in [-0.3, -0.25) is 9.78 Å². The quantitative estimate of drug-likeness (QED) is 0.664. The number of Topliss-reactive ketones (excluding diaryl/α,β-unsaturated/α-hetero) is 1. The number of hydrogen-bond acceptors (Lipinski definition) is 4. The Hall–Kier alpha value is -1.42. The van der Waals surface area contributed by atoms with Crippen molar-refractivity contribution in [2.24, 2.45) is 0 Å². The van der Waals surface area contributed by atoms with Gasteiger partial charge in [0.2, 0.25) is 0 Å². The van der Waals surface area contributed by atoms with Gasteiger partial charge in [-0.05, 0) is 26.0 Å². The smallest absolute Gasteiger partial charge is 0.155 e. The number of aromatic nitrogens is 1. The van der Waals surface area contributed by atoms with E-state index in [4.69, 9.17) is 9.47 Å². The first-order valence-corrected chi connectivity index (χ1v) is 4.81. The Morgan fingerprint density at radius 3 is 2.80 bits per heavy atom. The van der Waals surface area contributed by atoms with Crippen LogP contribution in [0.15, 0.2) is 18.3 Å². The van der Waals surface area contributed by atoms with Crippen LogP contribution in [0.3, 0.4) is 0 Å². The van der Waals surface area contributed by atoms with E-state index in [1.54, 1.807) is 6.20 Å². The molecule has 4 nitrogen and oxygen atoms in total. The highest BCUT2D eigenvalue weighted by Crippen LogP contribution is 2.07. The summed E-state index contributed by atoms with van der Waals surface area (Å²) in [6.45, 7) is 4.39. The molecule has 1 heterocycles. The first-order chi connectivity index (χ1) is 7.18. The maximum Gasteiger partial charge on any atom is 0.155 e. The molecule has 1 aromatic heterocycles. The molecule has 0 fully saturated rings. The summed E-state index contributed by atoms with van der Waals surface area (Å²) in [5.74, 6) is 0.735. The molecule has 0 saturated heterocycles. The average Bonchev–Trinajstić information content (AvgIpc) is 2.20. The zero-order valence-electron chi connectivity index (χ0n) is 9.03. The SMILES string of the molecule is CC(=O)COCCOc1ccc(C)nc1. The Morgan fingerprint density at radius 2 is 2.20 bits per heavy atom. The summed E-state index contributed by atoms with van der Waals surface area (Å²) >= 11 is 0. The summed E-state index contributed by atoms with van der Waals surface area (Å²) in [4.78, 5) is 14.6. The van der Waals surface area contributed by atoms with E-state index in [9.17, 15) is 4.79 Å². The number of carbonyl (C=O) groups is 1. The number of hydrogen-bond donors (Lipinski definition) is 0. The lowest BCUT2D eigenvalue weighted by Gasteiger charge is -2.05. The van der Waals surface area contributed by atoms with Crippen LogP contribution < -0.4 is 4.74 Å². The Balaban J connectivity index is 2.15. The fourth-order valence-electron chi connectivity index (χ4n) is 0.974. The second kappa shape index (κ2) is 6.14. The summed E-state index contributed by atoms with van der Waals surface area (Å²) in [5, 5.41) is 0. The van der Waals surface area contributed by atoms with Gasteiger partial charge in [0.1, 0.15) is 19.0 Å². The lowest BCUT2D eigenvalue weighted by Crippen LogP contribution is -2.11. The van der Waals surface area contributed by atoms with E-state index in [1.807, 2.05) is 19.1 Å². The number of rotatable bonds is 6. The van der Waals surface area contributed by atoms with Crippen molar-refractivity contribution in [3.8, 4) is 5.75 Å². The van der Waals surface area contributed by atoms with Gasteiger partial charge in [0.05, 0.1) is 12.8 Å². The normalized spacial score (nSPS) is 10.0.